The van der Waals surface area contributed by atoms with Gasteiger partial charge in [0.15, 0.2) is 0 Å². The second kappa shape index (κ2) is 6.55. The van der Waals surface area contributed by atoms with E-state index in [0.717, 1.165) is 11.1 Å². The minimum absolute atomic E-state index is 0.0846. The first-order valence-corrected chi connectivity index (χ1v) is 9.19. The van der Waals surface area contributed by atoms with Crippen LogP contribution in [0.15, 0.2) is 72.5 Å². The summed E-state index contributed by atoms with van der Waals surface area (Å²) >= 11 is 0. The molecule has 2 aromatic carbocycles. The van der Waals surface area contributed by atoms with Gasteiger partial charge >= 0.3 is 0 Å². The number of allylic oxidation sites excluding steroid dienone is 5. The highest BCUT2D eigenvalue weighted by molar-refractivity contribution is 6.19. The van der Waals surface area contributed by atoms with E-state index in [-0.39, 0.29) is 5.75 Å². The molecule has 140 valence electrons. The minimum atomic E-state index is -0.464. The molecule has 1 N–H and O–H groups in total. The summed E-state index contributed by atoms with van der Waals surface area (Å²) in [6.45, 7) is 0. The van der Waals surface area contributed by atoms with Crippen LogP contribution in [0, 0.1) is 28.5 Å². The first-order chi connectivity index (χ1) is 14.7. The molecular weight excluding hydrogens is 377 g/mol. The highest BCUT2D eigenvalue weighted by Gasteiger charge is 2.37. The fourth-order valence-corrected chi connectivity index (χ4v) is 4.34. The molecule has 0 bridgehead atoms. The van der Waals surface area contributed by atoms with Crippen molar-refractivity contribution in [1.29, 1.82) is 10.5 Å². The van der Waals surface area contributed by atoms with Crippen molar-refractivity contribution in [1.82, 2.24) is 4.98 Å². The lowest BCUT2D eigenvalue weighted by molar-refractivity contribution is 0.477. The smallest absolute Gasteiger partial charge is 0.131 e. The summed E-state index contributed by atoms with van der Waals surface area (Å²) in [4.78, 5) is 4.45. The van der Waals surface area contributed by atoms with Crippen molar-refractivity contribution in [2.45, 2.75) is 0 Å². The van der Waals surface area contributed by atoms with Crippen molar-refractivity contribution in [2.24, 2.45) is 0 Å². The van der Waals surface area contributed by atoms with E-state index in [0.29, 0.717) is 44.7 Å². The average Bonchev–Trinajstić information content (AvgIpc) is 3.23. The second-order valence-corrected chi connectivity index (χ2v) is 6.89. The first-order valence-electron chi connectivity index (χ1n) is 9.19. The molecule has 0 atom stereocenters. The lowest BCUT2D eigenvalue weighted by atomic mass is 9.91. The lowest BCUT2D eigenvalue weighted by Gasteiger charge is -2.11. The minimum Gasteiger partial charge on any atom is -0.507 e. The van der Waals surface area contributed by atoms with E-state index in [9.17, 15) is 20.0 Å². The van der Waals surface area contributed by atoms with Crippen LogP contribution in [0.2, 0.25) is 0 Å². The summed E-state index contributed by atoms with van der Waals surface area (Å²) in [6.07, 6.45) is 4.32. The monoisotopic (exact) mass is 389 g/mol. The molecule has 0 radical (unpaired) electrons. The van der Waals surface area contributed by atoms with Crippen molar-refractivity contribution in [2.75, 3.05) is 0 Å². The molecule has 4 nitrogen and oxygen atoms in total. The third kappa shape index (κ3) is 2.27. The lowest BCUT2D eigenvalue weighted by Crippen LogP contribution is -1.92. The van der Waals surface area contributed by atoms with E-state index in [4.69, 9.17) is 0 Å². The Morgan fingerprint density at radius 2 is 1.50 bits per heavy atom. The maximum Gasteiger partial charge on any atom is 0.131 e. The van der Waals surface area contributed by atoms with Crippen LogP contribution in [0.25, 0.3) is 28.0 Å². The van der Waals surface area contributed by atoms with E-state index in [2.05, 4.69) is 11.1 Å². The third-order valence-electron chi connectivity index (χ3n) is 5.41. The first kappa shape index (κ1) is 17.6. The van der Waals surface area contributed by atoms with Crippen LogP contribution >= 0.6 is 0 Å². The van der Waals surface area contributed by atoms with E-state index >= 15 is 0 Å². The van der Waals surface area contributed by atoms with Crippen molar-refractivity contribution < 1.29 is 9.50 Å². The predicted octanol–water partition coefficient (Wildman–Crippen LogP) is 5.24. The third-order valence-corrected chi connectivity index (χ3v) is 5.41. The molecule has 0 spiro atoms. The maximum atomic E-state index is 14.9. The van der Waals surface area contributed by atoms with Crippen molar-refractivity contribution >= 4 is 16.7 Å². The molecule has 5 rings (SSSR count). The number of rotatable bonds is 0. The van der Waals surface area contributed by atoms with Gasteiger partial charge in [-0.15, -0.1) is 0 Å². The number of aromatic nitrogens is 1. The molecule has 0 amide bonds. The standard InChI is InChI=1S/C25H12FN3O/c26-19-7-1-4-14-15(9-11-27)22(17(10-12-28)21(14)19)23-16-5-2-8-20(30)24(16)25-18(23)6-3-13-29-25/h1-10,13,30H/b15-9+,17-10?,23-22+. The van der Waals surface area contributed by atoms with E-state index in [1.807, 2.05) is 18.2 Å². The normalized spacial score (nSPS) is 18.6. The zero-order valence-corrected chi connectivity index (χ0v) is 15.5. The van der Waals surface area contributed by atoms with E-state index in [1.165, 1.54) is 18.2 Å². The Morgan fingerprint density at radius 3 is 2.30 bits per heavy atom. The fraction of sp³-hybridized carbons (Fsp3) is 0. The quantitative estimate of drug-likeness (QED) is 0.417. The van der Waals surface area contributed by atoms with Crippen LogP contribution in [0.3, 0.4) is 0 Å². The molecule has 0 aliphatic heterocycles. The molecule has 2 aliphatic carbocycles. The SMILES string of the molecule is N#CC=C1C(=C2/c3cccnc3-c3c(O)cccc32)/C(=C/C#N)c2cccc(F)c21. The summed E-state index contributed by atoms with van der Waals surface area (Å²) < 4.78 is 14.9. The predicted molar refractivity (Wildman–Crippen MR) is 111 cm³/mol. The summed E-state index contributed by atoms with van der Waals surface area (Å²) in [7, 11) is 0. The molecule has 3 aromatic rings. The molecule has 1 heterocycles. The van der Waals surface area contributed by atoms with Gasteiger partial charge < -0.3 is 5.11 Å². The van der Waals surface area contributed by atoms with Gasteiger partial charge in [-0.25, -0.2) is 4.39 Å². The molecular formula is C25H12FN3O. The zero-order valence-electron chi connectivity index (χ0n) is 15.5. The molecule has 2 aliphatic rings. The van der Waals surface area contributed by atoms with Gasteiger partial charge in [-0.1, -0.05) is 30.3 Å². The van der Waals surface area contributed by atoms with Crippen LogP contribution in [-0.4, -0.2) is 10.1 Å². The van der Waals surface area contributed by atoms with Crippen molar-refractivity contribution in [3.05, 3.63) is 101 Å². The topological polar surface area (TPSA) is 80.7 Å². The number of halogens is 1. The Hall–Kier alpha value is -4.48. The zero-order chi connectivity index (χ0) is 20.8. The number of aromatic hydroxyl groups is 1. The number of hydrogen-bond donors (Lipinski definition) is 1. The number of fused-ring (bicyclic) bond motifs is 4. The second-order valence-electron chi connectivity index (χ2n) is 6.89. The highest BCUT2D eigenvalue weighted by Crippen LogP contribution is 2.55. The number of nitrogens with zero attached hydrogens (tertiary/aromatic N) is 3. The van der Waals surface area contributed by atoms with Gasteiger partial charge in [-0.2, -0.15) is 10.5 Å². The Kier molecular flexibility index (Phi) is 3.84. The molecule has 30 heavy (non-hydrogen) atoms. The van der Waals surface area contributed by atoms with Gasteiger partial charge in [0.2, 0.25) is 0 Å². The summed E-state index contributed by atoms with van der Waals surface area (Å²) in [5, 5.41) is 29.4. The average molecular weight is 389 g/mol. The van der Waals surface area contributed by atoms with Crippen molar-refractivity contribution in [3.63, 3.8) is 0 Å². The van der Waals surface area contributed by atoms with Gasteiger partial charge in [0, 0.05) is 51.8 Å². The number of hydrogen-bond acceptors (Lipinski definition) is 4. The van der Waals surface area contributed by atoms with Crippen LogP contribution in [0.5, 0.6) is 5.75 Å². The fourth-order valence-electron chi connectivity index (χ4n) is 4.34. The summed E-state index contributed by atoms with van der Waals surface area (Å²) in [6, 6.07) is 17.6. The van der Waals surface area contributed by atoms with Gasteiger partial charge in [-0.05, 0) is 29.3 Å². The molecule has 0 unspecified atom stereocenters. The Morgan fingerprint density at radius 1 is 0.800 bits per heavy atom. The van der Waals surface area contributed by atoms with Crippen LogP contribution < -0.4 is 0 Å². The van der Waals surface area contributed by atoms with E-state index in [1.54, 1.807) is 36.5 Å². The Labute approximate surface area is 171 Å². The summed E-state index contributed by atoms with van der Waals surface area (Å²) in [5.41, 5.74) is 5.75. The molecule has 0 fully saturated rings. The van der Waals surface area contributed by atoms with Crippen LogP contribution in [0.1, 0.15) is 22.3 Å². The Bertz CT molecular complexity index is 1430. The molecule has 1 aromatic heterocycles. The maximum absolute atomic E-state index is 14.9. The van der Waals surface area contributed by atoms with Crippen molar-refractivity contribution in [3.8, 4) is 29.1 Å². The number of nitriles is 2. The number of pyridine rings is 1. The van der Waals surface area contributed by atoms with Crippen LogP contribution in [-0.2, 0) is 0 Å². The van der Waals surface area contributed by atoms with E-state index < -0.39 is 5.82 Å². The molecule has 0 saturated carbocycles. The highest BCUT2D eigenvalue weighted by atomic mass is 19.1. The molecule has 5 heteroatoms. The van der Waals surface area contributed by atoms with Gasteiger partial charge in [0.25, 0.3) is 0 Å². The summed E-state index contributed by atoms with van der Waals surface area (Å²) in [5.74, 6) is -0.379. The number of phenolic OH excluding ortho intramolecular Hbond substituents is 1. The van der Waals surface area contributed by atoms with Gasteiger partial charge in [0.05, 0.1) is 23.4 Å². The number of phenols is 1. The largest absolute Gasteiger partial charge is 0.507 e. The Balaban J connectivity index is 1.99. The van der Waals surface area contributed by atoms with Crippen LogP contribution in [0.4, 0.5) is 4.39 Å². The van der Waals surface area contributed by atoms with Gasteiger partial charge in [0.1, 0.15) is 11.6 Å². The molecule has 0 saturated heterocycles. The van der Waals surface area contributed by atoms with Gasteiger partial charge in [-0.3, -0.25) is 4.98 Å². The number of benzene rings is 2.